The number of hydrogen-bond donors (Lipinski definition) is 3. The van der Waals surface area contributed by atoms with E-state index in [2.05, 4.69) is 31.5 Å². The number of nitrogens with one attached hydrogen (secondary N) is 2. The van der Waals surface area contributed by atoms with Gasteiger partial charge >= 0.3 is 6.03 Å². The smallest absolute Gasteiger partial charge is 0.312 e. The third-order valence-corrected chi connectivity index (χ3v) is 4.12. The number of urea groups is 1. The number of fused-ring (bicyclic) bond motifs is 1. The zero-order valence-corrected chi connectivity index (χ0v) is 14.6. The van der Waals surface area contributed by atoms with E-state index >= 15 is 0 Å². The minimum Gasteiger partial charge on any atom is -0.352 e. The molecule has 23 heavy (non-hydrogen) atoms. The predicted octanol–water partition coefficient (Wildman–Crippen LogP) is 3.43. The van der Waals surface area contributed by atoms with Crippen molar-refractivity contribution < 1.29 is 9.59 Å². The zero-order valence-electron chi connectivity index (χ0n) is 12.2. The van der Waals surface area contributed by atoms with Crippen LogP contribution in [0.25, 0.3) is 10.9 Å². The topological polar surface area (TPSA) is 97.1 Å². The van der Waals surface area contributed by atoms with Crippen LogP contribution in [-0.2, 0) is 4.79 Å². The SMILES string of the molecule is NC(=O)NCCCCC(=O)Nc1ccc2c(Cl)ccc(Br)c2n1. The number of nitrogens with two attached hydrogens (primary N) is 1. The number of amides is 3. The van der Waals surface area contributed by atoms with E-state index in [1.165, 1.54) is 0 Å². The van der Waals surface area contributed by atoms with Gasteiger partial charge in [-0.3, -0.25) is 4.79 Å². The van der Waals surface area contributed by atoms with E-state index < -0.39 is 6.03 Å². The largest absolute Gasteiger partial charge is 0.352 e. The highest BCUT2D eigenvalue weighted by molar-refractivity contribution is 9.10. The van der Waals surface area contributed by atoms with Gasteiger partial charge in [-0.1, -0.05) is 11.6 Å². The first-order valence-electron chi connectivity index (χ1n) is 7.05. The average Bonchev–Trinajstić information content (AvgIpc) is 2.50. The normalized spacial score (nSPS) is 10.5. The number of carbonyl (C=O) groups is 2. The molecule has 0 aliphatic carbocycles. The Balaban J connectivity index is 1.92. The maximum absolute atomic E-state index is 11.9. The Kier molecular flexibility index (Phi) is 6.18. The lowest BCUT2D eigenvalue weighted by molar-refractivity contribution is -0.116. The lowest BCUT2D eigenvalue weighted by atomic mass is 10.2. The molecule has 2 aromatic rings. The van der Waals surface area contributed by atoms with Gasteiger partial charge in [-0.2, -0.15) is 0 Å². The van der Waals surface area contributed by atoms with Gasteiger partial charge in [-0.15, -0.1) is 0 Å². The van der Waals surface area contributed by atoms with Crippen LogP contribution < -0.4 is 16.4 Å². The second kappa shape index (κ2) is 8.12. The number of pyridine rings is 1. The molecule has 0 spiro atoms. The first kappa shape index (κ1) is 17.5. The molecular weight excluding hydrogens is 384 g/mol. The summed E-state index contributed by atoms with van der Waals surface area (Å²) in [5.74, 6) is 0.342. The Labute approximate surface area is 146 Å². The summed E-state index contributed by atoms with van der Waals surface area (Å²) < 4.78 is 0.811. The number of rotatable bonds is 6. The van der Waals surface area contributed by atoms with Crippen LogP contribution in [0.3, 0.4) is 0 Å². The lowest BCUT2D eigenvalue weighted by Crippen LogP contribution is -2.30. The Hall–Kier alpha value is -1.86. The van der Waals surface area contributed by atoms with Crippen LogP contribution in [0.2, 0.25) is 5.02 Å². The molecule has 3 amide bonds. The fraction of sp³-hybridized carbons (Fsp3) is 0.267. The number of nitrogens with zero attached hydrogens (tertiary/aromatic N) is 1. The molecule has 0 saturated carbocycles. The third-order valence-electron chi connectivity index (χ3n) is 3.15. The van der Waals surface area contributed by atoms with Crippen molar-refractivity contribution in [2.24, 2.45) is 5.73 Å². The molecule has 0 saturated heterocycles. The highest BCUT2D eigenvalue weighted by atomic mass is 79.9. The number of anilines is 1. The van der Waals surface area contributed by atoms with E-state index in [0.717, 1.165) is 9.86 Å². The van der Waals surface area contributed by atoms with Crippen LogP contribution in [0.15, 0.2) is 28.7 Å². The van der Waals surface area contributed by atoms with Crippen molar-refractivity contribution >= 4 is 56.2 Å². The molecule has 1 aromatic heterocycles. The van der Waals surface area contributed by atoms with E-state index in [0.29, 0.717) is 42.2 Å². The minimum absolute atomic E-state index is 0.130. The fourth-order valence-electron chi connectivity index (χ4n) is 2.05. The molecule has 2 rings (SSSR count). The van der Waals surface area contributed by atoms with Crippen LogP contribution in [0, 0.1) is 0 Å². The van der Waals surface area contributed by atoms with Gasteiger partial charge in [0.15, 0.2) is 0 Å². The first-order valence-corrected chi connectivity index (χ1v) is 8.22. The van der Waals surface area contributed by atoms with Crippen molar-refractivity contribution in [1.82, 2.24) is 10.3 Å². The Bertz CT molecular complexity index is 739. The molecule has 0 aliphatic heterocycles. The third kappa shape index (κ3) is 5.07. The molecule has 0 unspecified atom stereocenters. The van der Waals surface area contributed by atoms with Crippen molar-refractivity contribution in [2.45, 2.75) is 19.3 Å². The second-order valence-electron chi connectivity index (χ2n) is 4.92. The van der Waals surface area contributed by atoms with Gasteiger partial charge in [0, 0.05) is 22.8 Å². The van der Waals surface area contributed by atoms with Crippen LogP contribution in [-0.4, -0.2) is 23.5 Å². The molecule has 1 aromatic carbocycles. The standard InChI is InChI=1S/C15H16BrClN4O2/c16-10-5-6-11(17)9-4-7-12(21-14(9)10)20-13(22)3-1-2-8-19-15(18)23/h4-7H,1-3,8H2,(H3,18,19,23)(H,20,21,22). The first-order chi connectivity index (χ1) is 11.0. The molecule has 0 fully saturated rings. The summed E-state index contributed by atoms with van der Waals surface area (Å²) in [7, 11) is 0. The Morgan fingerprint density at radius 2 is 2.00 bits per heavy atom. The quantitative estimate of drug-likeness (QED) is 0.649. The van der Waals surface area contributed by atoms with Gasteiger partial charge in [0.2, 0.25) is 5.91 Å². The highest BCUT2D eigenvalue weighted by Crippen LogP contribution is 2.29. The lowest BCUT2D eigenvalue weighted by Gasteiger charge is -2.08. The van der Waals surface area contributed by atoms with Crippen molar-refractivity contribution in [1.29, 1.82) is 0 Å². The molecule has 8 heteroatoms. The molecule has 1 heterocycles. The molecular formula is C15H16BrClN4O2. The number of halogens is 2. The van der Waals surface area contributed by atoms with Crippen molar-refractivity contribution in [3.63, 3.8) is 0 Å². The van der Waals surface area contributed by atoms with Crippen LogP contribution in [0.4, 0.5) is 10.6 Å². The van der Waals surface area contributed by atoms with Crippen molar-refractivity contribution in [3.8, 4) is 0 Å². The summed E-state index contributed by atoms with van der Waals surface area (Å²) in [5, 5.41) is 6.66. The van der Waals surface area contributed by atoms with Crippen molar-refractivity contribution in [3.05, 3.63) is 33.8 Å². The van der Waals surface area contributed by atoms with Gasteiger partial charge in [-0.25, -0.2) is 9.78 Å². The van der Waals surface area contributed by atoms with Gasteiger partial charge in [0.25, 0.3) is 0 Å². The molecule has 6 nitrogen and oxygen atoms in total. The fourth-order valence-corrected chi connectivity index (χ4v) is 2.70. The molecule has 122 valence electrons. The van der Waals surface area contributed by atoms with E-state index in [-0.39, 0.29) is 5.91 Å². The summed E-state index contributed by atoms with van der Waals surface area (Å²) in [4.78, 5) is 26.8. The van der Waals surface area contributed by atoms with E-state index in [4.69, 9.17) is 17.3 Å². The Morgan fingerprint density at radius 3 is 2.74 bits per heavy atom. The van der Waals surface area contributed by atoms with Gasteiger partial charge in [0.05, 0.1) is 10.5 Å². The zero-order chi connectivity index (χ0) is 16.8. The maximum atomic E-state index is 11.9. The number of primary amides is 1. The summed E-state index contributed by atoms with van der Waals surface area (Å²) in [5.41, 5.74) is 5.65. The van der Waals surface area contributed by atoms with E-state index in [1.54, 1.807) is 12.1 Å². The number of hydrogen-bond acceptors (Lipinski definition) is 3. The number of aromatic nitrogens is 1. The van der Waals surface area contributed by atoms with Crippen LogP contribution in [0.5, 0.6) is 0 Å². The second-order valence-corrected chi connectivity index (χ2v) is 6.18. The minimum atomic E-state index is -0.556. The monoisotopic (exact) mass is 398 g/mol. The predicted molar refractivity (Wildman–Crippen MR) is 94.5 cm³/mol. The van der Waals surface area contributed by atoms with E-state index in [1.807, 2.05) is 12.1 Å². The number of carbonyl (C=O) groups excluding carboxylic acids is 2. The van der Waals surface area contributed by atoms with Crippen LogP contribution in [0.1, 0.15) is 19.3 Å². The maximum Gasteiger partial charge on any atom is 0.312 e. The summed E-state index contributed by atoms with van der Waals surface area (Å²) >= 11 is 9.54. The Morgan fingerprint density at radius 1 is 1.22 bits per heavy atom. The summed E-state index contributed by atoms with van der Waals surface area (Å²) in [6, 6.07) is 6.58. The highest BCUT2D eigenvalue weighted by Gasteiger charge is 2.08. The van der Waals surface area contributed by atoms with E-state index in [9.17, 15) is 9.59 Å². The van der Waals surface area contributed by atoms with Crippen molar-refractivity contribution in [2.75, 3.05) is 11.9 Å². The van der Waals surface area contributed by atoms with Crippen LogP contribution >= 0.6 is 27.5 Å². The average molecular weight is 400 g/mol. The summed E-state index contributed by atoms with van der Waals surface area (Å²) in [6.07, 6.45) is 1.68. The molecule has 0 aliphatic rings. The number of benzene rings is 1. The number of unbranched alkanes of at least 4 members (excludes halogenated alkanes) is 1. The van der Waals surface area contributed by atoms with Gasteiger partial charge < -0.3 is 16.4 Å². The molecule has 0 radical (unpaired) electrons. The molecule has 4 N–H and O–H groups in total. The summed E-state index contributed by atoms with van der Waals surface area (Å²) in [6.45, 7) is 0.461. The molecule has 0 bridgehead atoms. The molecule has 0 atom stereocenters. The van der Waals surface area contributed by atoms with Gasteiger partial charge in [-0.05, 0) is 53.0 Å². The van der Waals surface area contributed by atoms with Gasteiger partial charge in [0.1, 0.15) is 5.82 Å².